The minimum absolute atomic E-state index is 0.0783. The summed E-state index contributed by atoms with van der Waals surface area (Å²) in [5.74, 6) is 1.42. The lowest BCUT2D eigenvalue weighted by molar-refractivity contribution is 0.339. The Morgan fingerprint density at radius 3 is 2.57 bits per heavy atom. The zero-order valence-corrected chi connectivity index (χ0v) is 15.9. The van der Waals surface area contributed by atoms with E-state index in [9.17, 15) is 4.79 Å². The Labute approximate surface area is 163 Å². The average molecular weight is 371 g/mol. The number of aryl methyl sites for hydroxylation is 1. The number of benzene rings is 2. The van der Waals surface area contributed by atoms with E-state index in [2.05, 4.69) is 4.98 Å². The molecule has 4 rings (SSSR count). The van der Waals surface area contributed by atoms with E-state index < -0.39 is 0 Å². The lowest BCUT2D eigenvalue weighted by atomic mass is 10.0. The first-order valence-corrected chi connectivity index (χ1v) is 9.41. The molecule has 0 unspecified atom stereocenters. The number of para-hydroxylation sites is 1. The summed E-state index contributed by atoms with van der Waals surface area (Å²) in [6, 6.07) is 17.3. The highest BCUT2D eigenvalue weighted by atomic mass is 16.5. The van der Waals surface area contributed by atoms with Crippen molar-refractivity contribution in [3.05, 3.63) is 83.2 Å². The fourth-order valence-electron chi connectivity index (χ4n) is 3.41. The molecule has 0 N–H and O–H groups in total. The van der Waals surface area contributed by atoms with Crippen molar-refractivity contribution in [2.45, 2.75) is 20.3 Å². The Kier molecular flexibility index (Phi) is 4.89. The molecule has 5 nitrogen and oxygen atoms in total. The van der Waals surface area contributed by atoms with Crippen LogP contribution in [0.15, 0.2) is 71.8 Å². The van der Waals surface area contributed by atoms with Crippen LogP contribution in [-0.2, 0) is 6.42 Å². The highest BCUT2D eigenvalue weighted by molar-refractivity contribution is 5.94. The fourth-order valence-corrected chi connectivity index (χ4v) is 3.41. The van der Waals surface area contributed by atoms with Crippen LogP contribution in [0.3, 0.4) is 0 Å². The van der Waals surface area contributed by atoms with Gasteiger partial charge in [0.1, 0.15) is 11.6 Å². The summed E-state index contributed by atoms with van der Waals surface area (Å²) in [6.45, 7) is 4.49. The molecule has 0 aliphatic rings. The minimum atomic E-state index is -0.0783. The molecule has 2 heterocycles. The number of pyridine rings is 1. The predicted octanol–water partition coefficient (Wildman–Crippen LogP) is 4.41. The maximum atomic E-state index is 13.6. The number of hydrogen-bond donors (Lipinski definition) is 0. The molecule has 28 heavy (non-hydrogen) atoms. The molecule has 140 valence electrons. The van der Waals surface area contributed by atoms with Gasteiger partial charge < -0.3 is 4.74 Å². The van der Waals surface area contributed by atoms with Crippen LogP contribution in [0.5, 0.6) is 5.75 Å². The molecular formula is C23H21N3O2. The third-order valence-electron chi connectivity index (χ3n) is 4.63. The Morgan fingerprint density at radius 2 is 1.82 bits per heavy atom. The van der Waals surface area contributed by atoms with E-state index in [0.29, 0.717) is 29.7 Å². The van der Waals surface area contributed by atoms with Crippen molar-refractivity contribution in [1.29, 1.82) is 0 Å². The molecule has 0 saturated heterocycles. The quantitative estimate of drug-likeness (QED) is 0.521. The van der Waals surface area contributed by atoms with Gasteiger partial charge in [0.25, 0.3) is 5.56 Å². The van der Waals surface area contributed by atoms with Crippen LogP contribution in [-0.4, -0.2) is 21.1 Å². The van der Waals surface area contributed by atoms with Crippen molar-refractivity contribution in [1.82, 2.24) is 14.5 Å². The van der Waals surface area contributed by atoms with Gasteiger partial charge in [0.05, 0.1) is 29.4 Å². The van der Waals surface area contributed by atoms with Crippen LogP contribution >= 0.6 is 0 Å². The topological polar surface area (TPSA) is 57.0 Å². The minimum Gasteiger partial charge on any atom is -0.492 e. The van der Waals surface area contributed by atoms with Gasteiger partial charge in [-0.25, -0.2) is 4.98 Å². The molecule has 0 fully saturated rings. The van der Waals surface area contributed by atoms with Gasteiger partial charge in [-0.1, -0.05) is 37.3 Å². The van der Waals surface area contributed by atoms with Crippen molar-refractivity contribution >= 4 is 10.9 Å². The Hall–Kier alpha value is -3.47. The molecule has 2 aromatic carbocycles. The van der Waals surface area contributed by atoms with Crippen LogP contribution < -0.4 is 10.3 Å². The SMILES string of the molecule is CCOc1cncc(-c2cccc3nc(CC)n(-c4ccccc4)c(=O)c23)c1. The molecule has 0 radical (unpaired) electrons. The molecule has 0 aliphatic heterocycles. The highest BCUT2D eigenvalue weighted by Gasteiger charge is 2.15. The zero-order chi connectivity index (χ0) is 19.5. The summed E-state index contributed by atoms with van der Waals surface area (Å²) in [5.41, 5.74) is 3.06. The second-order valence-corrected chi connectivity index (χ2v) is 6.40. The molecule has 0 atom stereocenters. The third kappa shape index (κ3) is 3.16. The first-order valence-electron chi connectivity index (χ1n) is 9.41. The van der Waals surface area contributed by atoms with E-state index in [0.717, 1.165) is 22.6 Å². The summed E-state index contributed by atoms with van der Waals surface area (Å²) < 4.78 is 7.28. The number of fused-ring (bicyclic) bond motifs is 1. The second kappa shape index (κ2) is 7.64. The van der Waals surface area contributed by atoms with Crippen LogP contribution in [0.2, 0.25) is 0 Å². The van der Waals surface area contributed by atoms with Gasteiger partial charge in [0.15, 0.2) is 0 Å². The van der Waals surface area contributed by atoms with E-state index in [1.54, 1.807) is 17.0 Å². The highest BCUT2D eigenvalue weighted by Crippen LogP contribution is 2.28. The lowest BCUT2D eigenvalue weighted by Gasteiger charge is -2.14. The number of hydrogen-bond acceptors (Lipinski definition) is 4. The largest absolute Gasteiger partial charge is 0.492 e. The van der Waals surface area contributed by atoms with Gasteiger partial charge >= 0.3 is 0 Å². The monoisotopic (exact) mass is 371 g/mol. The van der Waals surface area contributed by atoms with Crippen molar-refractivity contribution in [2.75, 3.05) is 6.61 Å². The van der Waals surface area contributed by atoms with Gasteiger partial charge in [0, 0.05) is 18.2 Å². The second-order valence-electron chi connectivity index (χ2n) is 6.40. The first-order chi connectivity index (χ1) is 13.7. The van der Waals surface area contributed by atoms with Gasteiger partial charge in [-0.05, 0) is 36.8 Å². The van der Waals surface area contributed by atoms with E-state index in [1.165, 1.54) is 0 Å². The number of aromatic nitrogens is 3. The number of nitrogens with zero attached hydrogens (tertiary/aromatic N) is 3. The van der Waals surface area contributed by atoms with E-state index in [1.807, 2.05) is 68.4 Å². The maximum Gasteiger partial charge on any atom is 0.266 e. The molecule has 5 heteroatoms. The van der Waals surface area contributed by atoms with Crippen molar-refractivity contribution in [3.63, 3.8) is 0 Å². The molecule has 0 amide bonds. The van der Waals surface area contributed by atoms with E-state index in [-0.39, 0.29) is 5.56 Å². The molecule has 4 aromatic rings. The summed E-state index contributed by atoms with van der Waals surface area (Å²) in [5, 5.41) is 0.582. The average Bonchev–Trinajstić information content (AvgIpc) is 2.74. The van der Waals surface area contributed by atoms with Crippen LogP contribution in [0.4, 0.5) is 0 Å². The van der Waals surface area contributed by atoms with Crippen molar-refractivity contribution in [3.8, 4) is 22.6 Å². The Bertz CT molecular complexity index is 1180. The molecular weight excluding hydrogens is 350 g/mol. The Morgan fingerprint density at radius 1 is 1.00 bits per heavy atom. The summed E-state index contributed by atoms with van der Waals surface area (Å²) in [6.07, 6.45) is 4.08. The standard InChI is InChI=1S/C23H21N3O2/c1-3-21-25-20-12-8-11-19(16-13-18(28-4-2)15-24-14-16)22(20)23(27)26(21)17-9-6-5-7-10-17/h5-15H,3-4H2,1-2H3. The van der Waals surface area contributed by atoms with Crippen LogP contribution in [0.1, 0.15) is 19.7 Å². The predicted molar refractivity (Wildman–Crippen MR) is 111 cm³/mol. The van der Waals surface area contributed by atoms with E-state index in [4.69, 9.17) is 9.72 Å². The maximum absolute atomic E-state index is 13.6. The third-order valence-corrected chi connectivity index (χ3v) is 4.63. The molecule has 0 aliphatic carbocycles. The lowest BCUT2D eigenvalue weighted by Crippen LogP contribution is -2.24. The zero-order valence-electron chi connectivity index (χ0n) is 15.9. The van der Waals surface area contributed by atoms with Crippen molar-refractivity contribution < 1.29 is 4.74 Å². The molecule has 0 saturated carbocycles. The first kappa shape index (κ1) is 17.9. The van der Waals surface area contributed by atoms with Gasteiger partial charge in [-0.15, -0.1) is 0 Å². The number of ether oxygens (including phenoxy) is 1. The van der Waals surface area contributed by atoms with Crippen LogP contribution in [0, 0.1) is 0 Å². The fraction of sp³-hybridized carbons (Fsp3) is 0.174. The summed E-state index contributed by atoms with van der Waals surface area (Å²) >= 11 is 0. The number of rotatable bonds is 5. The normalized spacial score (nSPS) is 10.9. The van der Waals surface area contributed by atoms with Crippen molar-refractivity contribution in [2.24, 2.45) is 0 Å². The molecule has 0 bridgehead atoms. The summed E-state index contributed by atoms with van der Waals surface area (Å²) in [4.78, 5) is 22.6. The summed E-state index contributed by atoms with van der Waals surface area (Å²) in [7, 11) is 0. The molecule has 0 spiro atoms. The molecule has 2 aromatic heterocycles. The smallest absolute Gasteiger partial charge is 0.266 e. The Balaban J connectivity index is 2.02. The van der Waals surface area contributed by atoms with Gasteiger partial charge in [-0.3, -0.25) is 14.3 Å². The van der Waals surface area contributed by atoms with Gasteiger partial charge in [-0.2, -0.15) is 0 Å². The van der Waals surface area contributed by atoms with Gasteiger partial charge in [0.2, 0.25) is 0 Å². The van der Waals surface area contributed by atoms with E-state index >= 15 is 0 Å². The van der Waals surface area contributed by atoms with Crippen LogP contribution in [0.25, 0.3) is 27.7 Å².